The summed E-state index contributed by atoms with van der Waals surface area (Å²) in [6.07, 6.45) is 2.45. The Morgan fingerprint density at radius 3 is 1.59 bits per heavy atom. The fourth-order valence-electron chi connectivity index (χ4n) is 1.55. The minimum absolute atomic E-state index is 0.00160. The average Bonchev–Trinajstić information content (AvgIpc) is 2.25. The molecule has 2 atom stereocenters. The Morgan fingerprint density at radius 2 is 1.41 bits per heavy atom. The van der Waals surface area contributed by atoms with Crippen LogP contribution >= 0.6 is 0 Å². The van der Waals surface area contributed by atoms with Crippen LogP contribution in [-0.2, 0) is 8.85 Å². The summed E-state index contributed by atoms with van der Waals surface area (Å²) in [5.41, 5.74) is 1.95. The van der Waals surface area contributed by atoms with Crippen molar-refractivity contribution in [2.75, 3.05) is 0 Å². The third kappa shape index (κ3) is 4.57. The zero-order valence-electron chi connectivity index (χ0n) is 12.7. The third-order valence-electron chi connectivity index (χ3n) is 3.22. The molecule has 0 heterocycles. The predicted molar refractivity (Wildman–Crippen MR) is 77.3 cm³/mol. The predicted octanol–water partition coefficient (Wildman–Crippen LogP) is 4.58. The average molecular weight is 258 g/mol. The Hall–Kier alpha value is -0.123. The molecule has 0 N–H and O–H groups in total. The van der Waals surface area contributed by atoms with Crippen molar-refractivity contribution in [3.63, 3.8) is 0 Å². The van der Waals surface area contributed by atoms with Gasteiger partial charge in [0, 0.05) is 17.2 Å². The van der Waals surface area contributed by atoms with E-state index in [0.717, 1.165) is 12.8 Å². The van der Waals surface area contributed by atoms with Gasteiger partial charge in [-0.15, -0.1) is 6.58 Å². The second-order valence-electron chi connectivity index (χ2n) is 5.80. The highest BCUT2D eigenvalue weighted by Crippen LogP contribution is 2.40. The van der Waals surface area contributed by atoms with Gasteiger partial charge >= 0.3 is 8.56 Å². The second-order valence-corrected chi connectivity index (χ2v) is 9.51. The van der Waals surface area contributed by atoms with Crippen LogP contribution in [0.2, 0.25) is 5.04 Å². The van der Waals surface area contributed by atoms with Crippen molar-refractivity contribution in [3.8, 4) is 0 Å². The molecule has 0 aromatic carbocycles. The van der Waals surface area contributed by atoms with Crippen molar-refractivity contribution in [1.29, 1.82) is 0 Å². The molecule has 0 aromatic heterocycles. The molecule has 0 aliphatic carbocycles. The van der Waals surface area contributed by atoms with Gasteiger partial charge in [-0.3, -0.25) is 0 Å². The molecule has 0 bridgehead atoms. The van der Waals surface area contributed by atoms with Gasteiger partial charge in [-0.1, -0.05) is 34.6 Å². The van der Waals surface area contributed by atoms with Crippen molar-refractivity contribution in [2.45, 2.75) is 78.6 Å². The number of hydrogen-bond acceptors (Lipinski definition) is 2. The SMILES string of the molecule is C=C[Si](OC(C)CC)(OC(C)CC)C(C)(C)C. The van der Waals surface area contributed by atoms with E-state index in [0.29, 0.717) is 0 Å². The van der Waals surface area contributed by atoms with Crippen molar-refractivity contribution in [2.24, 2.45) is 0 Å². The summed E-state index contributed by atoms with van der Waals surface area (Å²) in [6, 6.07) is 0. The molecule has 102 valence electrons. The lowest BCUT2D eigenvalue weighted by Gasteiger charge is -2.41. The van der Waals surface area contributed by atoms with Crippen molar-refractivity contribution < 1.29 is 8.85 Å². The fourth-order valence-corrected chi connectivity index (χ4v) is 4.64. The van der Waals surface area contributed by atoms with Gasteiger partial charge in [-0.25, -0.2) is 0 Å². The highest BCUT2D eigenvalue weighted by Gasteiger charge is 2.48. The molecule has 17 heavy (non-hydrogen) atoms. The molecular formula is C14H30O2Si. The van der Waals surface area contributed by atoms with E-state index in [9.17, 15) is 0 Å². The maximum Gasteiger partial charge on any atom is 0.370 e. The van der Waals surface area contributed by atoms with Crippen LogP contribution < -0.4 is 0 Å². The smallest absolute Gasteiger partial charge is 0.370 e. The van der Waals surface area contributed by atoms with Crippen molar-refractivity contribution >= 4 is 8.56 Å². The molecule has 3 heteroatoms. The molecule has 0 spiro atoms. The number of rotatable bonds is 7. The topological polar surface area (TPSA) is 18.5 Å². The molecule has 0 aromatic rings. The Labute approximate surface area is 109 Å². The van der Waals surface area contributed by atoms with Gasteiger partial charge in [0.15, 0.2) is 0 Å². The Kier molecular flexibility index (Phi) is 6.67. The lowest BCUT2D eigenvalue weighted by atomic mass is 10.2. The first kappa shape index (κ1) is 16.9. The van der Waals surface area contributed by atoms with E-state index in [1.54, 1.807) is 0 Å². The summed E-state index contributed by atoms with van der Waals surface area (Å²) in [6.45, 7) is 19.0. The summed E-state index contributed by atoms with van der Waals surface area (Å²) < 4.78 is 12.5. The molecule has 0 rings (SSSR count). The standard InChI is InChI=1S/C14H30O2Si/c1-9-12(4)15-17(11-3,14(6,7)8)16-13(5)10-2/h11-13H,3,9-10H2,1-2,4-8H3. The van der Waals surface area contributed by atoms with E-state index in [4.69, 9.17) is 8.85 Å². The Balaban J connectivity index is 5.08. The summed E-state index contributed by atoms with van der Waals surface area (Å²) in [7, 11) is -2.38. The highest BCUT2D eigenvalue weighted by atomic mass is 28.4. The van der Waals surface area contributed by atoms with Crippen LogP contribution in [0.4, 0.5) is 0 Å². The maximum absolute atomic E-state index is 6.27. The first-order chi connectivity index (χ1) is 7.72. The Morgan fingerprint density at radius 1 is 1.06 bits per heavy atom. The second kappa shape index (κ2) is 6.71. The minimum atomic E-state index is -2.38. The van der Waals surface area contributed by atoms with Gasteiger partial charge in [0.1, 0.15) is 0 Å². The zero-order chi connectivity index (χ0) is 13.7. The van der Waals surface area contributed by atoms with Gasteiger partial charge in [0.25, 0.3) is 0 Å². The molecule has 0 fully saturated rings. The molecule has 2 nitrogen and oxygen atoms in total. The first-order valence-corrected chi connectivity index (χ1v) is 8.61. The van der Waals surface area contributed by atoms with E-state index in [2.05, 4.69) is 55.0 Å². The lowest BCUT2D eigenvalue weighted by molar-refractivity contribution is 0.0811. The molecule has 0 aliphatic rings. The molecule has 0 radical (unpaired) electrons. The third-order valence-corrected chi connectivity index (χ3v) is 7.35. The van der Waals surface area contributed by atoms with E-state index in [1.807, 2.05) is 5.70 Å². The monoisotopic (exact) mass is 258 g/mol. The van der Waals surface area contributed by atoms with Crippen LogP contribution in [0.1, 0.15) is 61.3 Å². The van der Waals surface area contributed by atoms with Crippen LogP contribution in [0.15, 0.2) is 12.3 Å². The van der Waals surface area contributed by atoms with Crippen LogP contribution in [0, 0.1) is 0 Å². The Bertz CT molecular complexity index is 221. The molecular weight excluding hydrogens is 228 g/mol. The van der Waals surface area contributed by atoms with Crippen molar-refractivity contribution in [1.82, 2.24) is 0 Å². The normalized spacial score (nSPS) is 19.5. The minimum Gasteiger partial charge on any atom is -0.388 e. The summed E-state index contributed by atoms with van der Waals surface area (Å²) in [5, 5.41) is 0.00160. The van der Waals surface area contributed by atoms with Crippen LogP contribution in [0.5, 0.6) is 0 Å². The quantitative estimate of drug-likeness (QED) is 0.622. The van der Waals surface area contributed by atoms with Crippen LogP contribution in [0.25, 0.3) is 0 Å². The fraction of sp³-hybridized carbons (Fsp3) is 0.857. The molecule has 0 saturated carbocycles. The molecule has 2 unspecified atom stereocenters. The first-order valence-electron chi connectivity index (χ1n) is 6.71. The van der Waals surface area contributed by atoms with E-state index in [1.165, 1.54) is 0 Å². The van der Waals surface area contributed by atoms with E-state index in [-0.39, 0.29) is 17.2 Å². The molecule has 0 saturated heterocycles. The van der Waals surface area contributed by atoms with Crippen LogP contribution in [-0.4, -0.2) is 20.8 Å². The molecule has 0 amide bonds. The summed E-state index contributed by atoms with van der Waals surface area (Å²) in [5.74, 6) is 0. The zero-order valence-corrected chi connectivity index (χ0v) is 13.7. The molecule has 0 aliphatic heterocycles. The van der Waals surface area contributed by atoms with Crippen molar-refractivity contribution in [3.05, 3.63) is 12.3 Å². The van der Waals surface area contributed by atoms with Gasteiger partial charge in [-0.05, 0) is 32.4 Å². The number of hydrogen-bond donors (Lipinski definition) is 0. The lowest BCUT2D eigenvalue weighted by Crippen LogP contribution is -2.52. The summed E-state index contributed by atoms with van der Waals surface area (Å²) >= 11 is 0. The maximum atomic E-state index is 6.27. The van der Waals surface area contributed by atoms with E-state index >= 15 is 0 Å². The van der Waals surface area contributed by atoms with Gasteiger partial charge in [0.05, 0.1) is 0 Å². The van der Waals surface area contributed by atoms with Gasteiger partial charge in [-0.2, -0.15) is 0 Å². The van der Waals surface area contributed by atoms with E-state index < -0.39 is 8.56 Å². The van der Waals surface area contributed by atoms with Gasteiger partial charge < -0.3 is 8.85 Å². The van der Waals surface area contributed by atoms with Gasteiger partial charge in [0.2, 0.25) is 0 Å². The highest BCUT2D eigenvalue weighted by molar-refractivity contribution is 6.75. The summed E-state index contributed by atoms with van der Waals surface area (Å²) in [4.78, 5) is 0. The van der Waals surface area contributed by atoms with Crippen LogP contribution in [0.3, 0.4) is 0 Å². The largest absolute Gasteiger partial charge is 0.388 e.